The summed E-state index contributed by atoms with van der Waals surface area (Å²) in [4.78, 5) is 28.8. The number of carbonyl (C=O) groups excluding carboxylic acids is 2. The van der Waals surface area contributed by atoms with Crippen molar-refractivity contribution in [1.29, 1.82) is 0 Å². The first-order valence-corrected chi connectivity index (χ1v) is 51.3. The summed E-state index contributed by atoms with van der Waals surface area (Å²) in [5.41, 5.74) is 6.84. The Morgan fingerprint density at radius 1 is 0.314 bits per heavy atom. The molecular weight excluding hydrogens is 1820 g/mol. The third-order valence-electron chi connectivity index (χ3n) is 26.0. The average molecular weight is 1960 g/mol. The van der Waals surface area contributed by atoms with Crippen molar-refractivity contribution in [1.82, 2.24) is 10.6 Å². The van der Waals surface area contributed by atoms with Gasteiger partial charge in [-0.1, -0.05) is 337 Å². The molecule has 0 spiro atoms. The van der Waals surface area contributed by atoms with E-state index in [1.54, 1.807) is 0 Å². The number of hydrogen-bond donors (Lipinski definition) is 5. The first-order chi connectivity index (χ1) is 68.2. The summed E-state index contributed by atoms with van der Waals surface area (Å²) in [6, 6.07) is 94.5. The molecular formula is C112H135ClN2O24Si. The number of hydrogen-bond acceptors (Lipinski definition) is 24. The van der Waals surface area contributed by atoms with Gasteiger partial charge in [0.2, 0.25) is 11.8 Å². The number of nitrogens with one attached hydrogen (secondary N) is 2. The average Bonchev–Trinajstić information content (AvgIpc) is 0.740. The number of halogens is 1. The number of rotatable bonds is 48. The molecule has 5 heterocycles. The van der Waals surface area contributed by atoms with Crippen molar-refractivity contribution in [2.24, 2.45) is 0 Å². The van der Waals surface area contributed by atoms with Gasteiger partial charge in [0, 0.05) is 26.3 Å². The second-order valence-corrected chi connectivity index (χ2v) is 42.1. The predicted molar refractivity (Wildman–Crippen MR) is 528 cm³/mol. The summed E-state index contributed by atoms with van der Waals surface area (Å²) < 4.78 is 137. The van der Waals surface area contributed by atoms with Crippen LogP contribution in [-0.4, -0.2) is 221 Å². The van der Waals surface area contributed by atoms with Gasteiger partial charge >= 0.3 is 0 Å². The third kappa shape index (κ3) is 28.5. The van der Waals surface area contributed by atoms with Crippen LogP contribution < -0.4 is 21.0 Å². The summed E-state index contributed by atoms with van der Waals surface area (Å²) in [6.45, 7) is 12.8. The van der Waals surface area contributed by atoms with Gasteiger partial charge in [-0.3, -0.25) is 9.59 Å². The van der Waals surface area contributed by atoms with Crippen LogP contribution in [0.3, 0.4) is 0 Å². The Bertz CT molecular complexity index is 5190. The minimum Gasteiger partial charge on any atom is -0.405 e. The van der Waals surface area contributed by atoms with Gasteiger partial charge in [-0.15, -0.1) is 11.6 Å². The number of unbranched alkanes of at least 4 members (excludes halogenated alkanes) is 3. The highest BCUT2D eigenvalue weighted by molar-refractivity contribution is 6.99. The fourth-order valence-corrected chi connectivity index (χ4v) is 23.7. The number of alkyl halides is 1. The summed E-state index contributed by atoms with van der Waals surface area (Å²) in [6.07, 6.45) is -28.4. The number of aliphatic hydroxyl groups is 3. The largest absolute Gasteiger partial charge is 0.405 e. The maximum Gasteiger partial charge on any atom is 0.261 e. The highest BCUT2D eigenvalue weighted by Crippen LogP contribution is 2.43. The minimum absolute atomic E-state index is 0.0349. The second kappa shape index (κ2) is 52.9. The van der Waals surface area contributed by atoms with Crippen molar-refractivity contribution in [3.63, 3.8) is 0 Å². The number of ether oxygens (including phenoxy) is 18. The van der Waals surface area contributed by atoms with Crippen LogP contribution in [0.25, 0.3) is 0 Å². The molecule has 5 fully saturated rings. The molecule has 2 amide bonds. The zero-order valence-corrected chi connectivity index (χ0v) is 82.4. The van der Waals surface area contributed by atoms with E-state index in [-0.39, 0.29) is 79.3 Å². The molecule has 5 N–H and O–H groups in total. The van der Waals surface area contributed by atoms with E-state index in [1.165, 1.54) is 13.8 Å². The maximum atomic E-state index is 14.5. The number of benzene rings is 10. The zero-order valence-electron chi connectivity index (χ0n) is 80.6. The SMILES string of the molecule is CC(=O)N[C@H]1[C@H](O[C@H]2[C@@H](O)[C@@H](CO[Si](c3ccccc3)(c3ccccc3)C(C)(C)C)O[C@@H](O[C@H]3[C@H](O[C@@H]4O[C@@H](C)[C@@H](OCc5ccccc5)[C@@H](OCc5ccccc5)[C@@H]4OCc4ccccc4)[C@@H](NC(C)=O)[C@H](OCCCCCCCl)O[C@@H]3COCc3ccccc3)[C@@H]2O)O[C@H](COCc2ccccc2)[C@@H](O[C@@H]2O[C@@H](C)[C@@H](OCc3ccccc3)[C@@H](OCc3ccccc3)[C@@H]2OCc2ccccc2)[C@@H]1O. The third-order valence-corrected chi connectivity index (χ3v) is 31.3. The Balaban J connectivity index is 0.842. The van der Waals surface area contributed by atoms with E-state index in [0.717, 1.165) is 74.1 Å². The van der Waals surface area contributed by atoms with Crippen molar-refractivity contribution in [3.8, 4) is 0 Å². The Labute approximate surface area is 828 Å². The van der Waals surface area contributed by atoms with Crippen LogP contribution in [0.1, 0.15) is 119 Å². The van der Waals surface area contributed by atoms with Gasteiger partial charge in [-0.2, -0.15) is 0 Å². The van der Waals surface area contributed by atoms with E-state index in [0.29, 0.717) is 12.3 Å². The van der Waals surface area contributed by atoms with E-state index in [1.807, 2.05) is 317 Å². The van der Waals surface area contributed by atoms with E-state index >= 15 is 0 Å². The Morgan fingerprint density at radius 2 is 0.636 bits per heavy atom. The predicted octanol–water partition coefficient (Wildman–Crippen LogP) is 14.6. The highest BCUT2D eigenvalue weighted by Gasteiger charge is 2.61. The van der Waals surface area contributed by atoms with Gasteiger partial charge in [0.05, 0.1) is 84.9 Å². The topological polar surface area (TPSA) is 294 Å². The molecule has 5 saturated heterocycles. The van der Waals surface area contributed by atoms with Crippen molar-refractivity contribution < 1.29 is 115 Å². The summed E-state index contributed by atoms with van der Waals surface area (Å²) >= 11 is 6.23. The lowest BCUT2D eigenvalue weighted by molar-refractivity contribution is -0.390. The summed E-state index contributed by atoms with van der Waals surface area (Å²) in [5, 5.41) is 49.1. The normalized spacial score (nSPS) is 28.3. The van der Waals surface area contributed by atoms with E-state index in [4.69, 9.17) is 101 Å². The molecule has 0 bridgehead atoms. The lowest BCUT2D eigenvalue weighted by atomic mass is 9.93. The van der Waals surface area contributed by atoms with Gasteiger partial charge in [0.1, 0.15) is 110 Å². The first kappa shape index (κ1) is 105. The molecule has 0 unspecified atom stereocenters. The molecule has 26 nitrogen and oxygen atoms in total. The van der Waals surface area contributed by atoms with Gasteiger partial charge in [-0.05, 0) is 86.6 Å². The quantitative estimate of drug-likeness (QED) is 0.0134. The minimum atomic E-state index is -3.61. The summed E-state index contributed by atoms with van der Waals surface area (Å²) in [7, 11) is -3.61. The second-order valence-electron chi connectivity index (χ2n) is 37.4. The molecule has 5 aliphatic heterocycles. The van der Waals surface area contributed by atoms with Gasteiger partial charge in [0.15, 0.2) is 31.5 Å². The maximum absolute atomic E-state index is 14.5. The number of amides is 2. The lowest BCUT2D eigenvalue weighted by Crippen LogP contribution is -2.71. The molecule has 5 aliphatic rings. The van der Waals surface area contributed by atoms with Crippen LogP contribution in [0.5, 0.6) is 0 Å². The molecule has 0 radical (unpaired) electrons. The smallest absolute Gasteiger partial charge is 0.261 e. The van der Waals surface area contributed by atoms with Crippen molar-refractivity contribution in [2.45, 2.75) is 285 Å². The molecule has 10 aromatic carbocycles. The Hall–Kier alpha value is -9.23. The zero-order chi connectivity index (χ0) is 97.6. The molecule has 10 aromatic rings. The highest BCUT2D eigenvalue weighted by atomic mass is 35.5. The summed E-state index contributed by atoms with van der Waals surface area (Å²) in [5.74, 6) is -0.653. The Kier molecular flexibility index (Phi) is 39.7. The number of carbonyl (C=O) groups is 2. The van der Waals surface area contributed by atoms with Crippen molar-refractivity contribution in [2.75, 3.05) is 32.3 Å². The van der Waals surface area contributed by atoms with Crippen LogP contribution in [0.15, 0.2) is 303 Å². The van der Waals surface area contributed by atoms with Crippen LogP contribution in [0.2, 0.25) is 5.04 Å². The Morgan fingerprint density at radius 3 is 1.02 bits per heavy atom. The fourth-order valence-electron chi connectivity index (χ4n) is 19.0. The fraction of sp³-hybridized carbons (Fsp3) is 0.446. The molecule has 25 atom stereocenters. The number of aliphatic hydroxyl groups excluding tert-OH is 3. The van der Waals surface area contributed by atoms with Crippen LogP contribution in [0, 0.1) is 0 Å². The molecule has 0 aliphatic carbocycles. The van der Waals surface area contributed by atoms with Crippen LogP contribution in [0.4, 0.5) is 0 Å². The van der Waals surface area contributed by atoms with Gasteiger partial charge in [-0.25, -0.2) is 0 Å². The van der Waals surface area contributed by atoms with Gasteiger partial charge in [0.25, 0.3) is 8.32 Å². The molecule has 0 saturated carbocycles. The van der Waals surface area contributed by atoms with E-state index in [9.17, 15) is 24.9 Å². The van der Waals surface area contributed by atoms with Crippen LogP contribution >= 0.6 is 11.6 Å². The molecule has 140 heavy (non-hydrogen) atoms. The lowest BCUT2D eigenvalue weighted by Gasteiger charge is -2.52. The molecule has 15 rings (SSSR count). The van der Waals surface area contributed by atoms with Crippen LogP contribution in [-0.2, 0) is 152 Å². The van der Waals surface area contributed by atoms with E-state index < -0.39 is 179 Å². The van der Waals surface area contributed by atoms with Crippen molar-refractivity contribution >= 4 is 42.1 Å². The molecule has 28 heteroatoms. The van der Waals surface area contributed by atoms with E-state index in [2.05, 4.69) is 31.4 Å². The van der Waals surface area contributed by atoms with Gasteiger partial charge < -0.3 is 116 Å². The first-order valence-electron chi connectivity index (χ1n) is 48.8. The molecule has 0 aromatic heterocycles. The standard InChI is InChI=1S/C112H135ClN2O24Si/c1-75-97(124-66-81-46-24-12-25-47-81)103(126-68-83-50-28-14-29-51-83)105(128-70-85-54-32-16-33-55-85)110(131-75)136-99-90(72-121-64-79-42-20-10-21-43-79)135-108(92(95(99)119)114-77(3)116)139-102-94(118)89(74-130-140(112(5,6)7,87-58-36-18-37-59-87)88-60-38-19-39-61-88)133-109(96(102)120)137-100-91(73-122-65-80-44-22-11-23-45-80)134-107(123-63-41-9-8-40-62-113)93(115-78(4)117)101(100)138-111-106(129-71-86-56-34-17-35-57-86)104(127-69-84-52-30-15-31-53-84)98(76(2)132-111)125-67-82-48-26-13-27-49-82/h10-39,42-61,75-76,89-111,118-120H,8-9,40-41,62-74H2,1-7H3,(H,114,116)(H,115,117)/t75-,76-,89+,90+,91+,92+,93+,94-,95+,96+,97+,98+,99+,100+,101+,102-,103+,104+,105-,106-,107+,108-,109-,110-,111-/m0/s1. The molecule has 748 valence electrons. The monoisotopic (exact) mass is 1950 g/mol. The van der Waals surface area contributed by atoms with Crippen molar-refractivity contribution in [3.05, 3.63) is 348 Å².